The number of aromatic nitrogens is 1. The van der Waals surface area contributed by atoms with Crippen LogP contribution in [0.3, 0.4) is 0 Å². The zero-order chi connectivity index (χ0) is 14.8. The summed E-state index contributed by atoms with van der Waals surface area (Å²) >= 11 is 1.47. The maximum Gasteiger partial charge on any atom is 0.265 e. The maximum atomic E-state index is 12.7. The molecule has 0 bridgehead atoms. The molecule has 1 amide bonds. The molecule has 128 valence electrons. The minimum atomic E-state index is -0.0740. The molecule has 0 atom stereocenters. The first-order valence-corrected chi connectivity index (χ1v) is 8.19. The van der Waals surface area contributed by atoms with Gasteiger partial charge in [-0.25, -0.2) is 4.98 Å². The van der Waals surface area contributed by atoms with E-state index in [0.29, 0.717) is 5.92 Å². The van der Waals surface area contributed by atoms with Gasteiger partial charge in [0.15, 0.2) is 0 Å². The van der Waals surface area contributed by atoms with Crippen molar-refractivity contribution in [1.82, 2.24) is 15.2 Å². The predicted molar refractivity (Wildman–Crippen MR) is 97.9 cm³/mol. The van der Waals surface area contributed by atoms with Gasteiger partial charge in [-0.1, -0.05) is 20.8 Å². The molecule has 7 heteroatoms. The van der Waals surface area contributed by atoms with Gasteiger partial charge in [-0.3, -0.25) is 4.79 Å². The molecule has 2 rings (SSSR count). The summed E-state index contributed by atoms with van der Waals surface area (Å²) in [6, 6.07) is 0. The van der Waals surface area contributed by atoms with Gasteiger partial charge in [-0.2, -0.15) is 0 Å². The van der Waals surface area contributed by atoms with E-state index in [0.717, 1.165) is 43.0 Å². The Balaban J connectivity index is 0.00000220. The Labute approximate surface area is 149 Å². The Bertz CT molecular complexity index is 466. The molecule has 2 heterocycles. The second-order valence-corrected chi connectivity index (χ2v) is 7.43. The van der Waals surface area contributed by atoms with E-state index >= 15 is 0 Å². The summed E-state index contributed by atoms with van der Waals surface area (Å²) in [4.78, 5) is 19.9. The number of nitrogens with zero attached hydrogens (tertiary/aromatic N) is 2. The van der Waals surface area contributed by atoms with Crippen LogP contribution < -0.4 is 5.32 Å². The lowest BCUT2D eigenvalue weighted by molar-refractivity contribution is 0.0693. The average Bonchev–Trinajstić information content (AvgIpc) is 2.88. The fourth-order valence-corrected chi connectivity index (χ4v) is 3.67. The summed E-state index contributed by atoms with van der Waals surface area (Å²) in [6.07, 6.45) is 2.19. The van der Waals surface area contributed by atoms with E-state index in [1.54, 1.807) is 5.51 Å². The Morgan fingerprint density at radius 1 is 1.36 bits per heavy atom. The second kappa shape index (κ2) is 9.06. The third-order valence-electron chi connectivity index (χ3n) is 3.87. The molecule has 1 N–H and O–H groups in total. The van der Waals surface area contributed by atoms with Crippen LogP contribution in [0.25, 0.3) is 0 Å². The molecule has 0 saturated carbocycles. The maximum absolute atomic E-state index is 12.7. The van der Waals surface area contributed by atoms with Gasteiger partial charge in [-0.15, -0.1) is 36.2 Å². The lowest BCUT2D eigenvalue weighted by atomic mass is 9.90. The number of piperidine rings is 1. The fraction of sp³-hybridized carbons (Fsp3) is 0.733. The van der Waals surface area contributed by atoms with E-state index in [9.17, 15) is 4.79 Å². The summed E-state index contributed by atoms with van der Waals surface area (Å²) in [7, 11) is 1.99. The number of nitrogens with one attached hydrogen (secondary N) is 1. The van der Waals surface area contributed by atoms with Crippen LogP contribution in [0, 0.1) is 5.92 Å². The largest absolute Gasteiger partial charge is 0.338 e. The summed E-state index contributed by atoms with van der Waals surface area (Å²) in [5, 5.41) is 3.23. The lowest BCUT2D eigenvalue weighted by Crippen LogP contribution is -2.40. The molecule has 1 aromatic heterocycles. The van der Waals surface area contributed by atoms with Crippen molar-refractivity contribution < 1.29 is 4.79 Å². The highest BCUT2D eigenvalue weighted by atomic mass is 35.5. The van der Waals surface area contributed by atoms with Crippen molar-refractivity contribution in [1.29, 1.82) is 0 Å². The summed E-state index contributed by atoms with van der Waals surface area (Å²) in [5.74, 6) is 0.868. The molecular weight excluding hydrogens is 341 g/mol. The molecule has 0 aliphatic carbocycles. The van der Waals surface area contributed by atoms with Crippen LogP contribution in [0.15, 0.2) is 5.51 Å². The number of amides is 1. The number of hydrogen-bond donors (Lipinski definition) is 1. The Morgan fingerprint density at radius 3 is 2.45 bits per heavy atom. The molecule has 0 aromatic carbocycles. The van der Waals surface area contributed by atoms with Crippen molar-refractivity contribution in [2.24, 2.45) is 5.92 Å². The van der Waals surface area contributed by atoms with E-state index in [1.807, 2.05) is 11.9 Å². The van der Waals surface area contributed by atoms with Crippen LogP contribution >= 0.6 is 36.2 Å². The lowest BCUT2D eigenvalue weighted by Gasteiger charge is -2.32. The molecule has 0 unspecified atom stereocenters. The molecule has 1 fully saturated rings. The van der Waals surface area contributed by atoms with E-state index < -0.39 is 0 Å². The minimum absolute atomic E-state index is 0. The Hall–Kier alpha value is -0.360. The van der Waals surface area contributed by atoms with Gasteiger partial charge in [0.1, 0.15) is 4.88 Å². The van der Waals surface area contributed by atoms with Gasteiger partial charge < -0.3 is 10.2 Å². The van der Waals surface area contributed by atoms with Gasteiger partial charge in [0.25, 0.3) is 5.91 Å². The molecular formula is C15H27Cl2N3OS. The van der Waals surface area contributed by atoms with Crippen molar-refractivity contribution in [3.63, 3.8) is 0 Å². The van der Waals surface area contributed by atoms with Gasteiger partial charge in [-0.05, 0) is 32.4 Å². The number of halogens is 2. The first-order valence-electron chi connectivity index (χ1n) is 7.31. The summed E-state index contributed by atoms with van der Waals surface area (Å²) in [5.41, 5.74) is 2.65. The number of carbonyl (C=O) groups is 1. The third-order valence-corrected chi connectivity index (χ3v) is 4.68. The highest BCUT2D eigenvalue weighted by Gasteiger charge is 2.29. The van der Waals surface area contributed by atoms with E-state index in [1.165, 1.54) is 11.3 Å². The summed E-state index contributed by atoms with van der Waals surface area (Å²) in [6.45, 7) is 9.11. The van der Waals surface area contributed by atoms with Crippen molar-refractivity contribution in [3.8, 4) is 0 Å². The standard InChI is InChI=1S/C15H25N3OS.2ClH/c1-15(2,3)13-12(20-10-17-13)14(19)18-7-5-11(6-8-18)9-16-4;;/h10-11,16H,5-9H2,1-4H3;2*1H. The van der Waals surface area contributed by atoms with Gasteiger partial charge in [0, 0.05) is 18.5 Å². The van der Waals surface area contributed by atoms with Crippen molar-refractivity contribution in [2.75, 3.05) is 26.7 Å². The smallest absolute Gasteiger partial charge is 0.265 e. The molecule has 1 aliphatic heterocycles. The van der Waals surface area contributed by atoms with Gasteiger partial charge in [0.05, 0.1) is 11.2 Å². The monoisotopic (exact) mass is 367 g/mol. The SMILES string of the molecule is CNCC1CCN(C(=O)c2scnc2C(C)(C)C)CC1.Cl.Cl. The molecule has 1 saturated heterocycles. The fourth-order valence-electron chi connectivity index (χ4n) is 2.70. The Morgan fingerprint density at radius 2 is 1.95 bits per heavy atom. The van der Waals surface area contributed by atoms with Crippen LogP contribution in [0.2, 0.25) is 0 Å². The summed E-state index contributed by atoms with van der Waals surface area (Å²) < 4.78 is 0. The number of carbonyl (C=O) groups excluding carboxylic acids is 1. The Kier molecular flexibility index (Phi) is 8.91. The highest BCUT2D eigenvalue weighted by Crippen LogP contribution is 2.29. The number of thiazole rings is 1. The molecule has 1 aromatic rings. The van der Waals surface area contributed by atoms with E-state index in [-0.39, 0.29) is 36.1 Å². The number of rotatable bonds is 3. The predicted octanol–water partition coefficient (Wildman–Crippen LogP) is 3.36. The quantitative estimate of drug-likeness (QED) is 0.890. The normalized spacial score (nSPS) is 15.9. The number of likely N-dealkylation sites (tertiary alicyclic amines) is 1. The second-order valence-electron chi connectivity index (χ2n) is 6.57. The molecule has 22 heavy (non-hydrogen) atoms. The molecule has 0 spiro atoms. The van der Waals surface area contributed by atoms with Crippen LogP contribution in [0.4, 0.5) is 0 Å². The van der Waals surface area contributed by atoms with Crippen molar-refractivity contribution >= 4 is 42.1 Å². The zero-order valence-electron chi connectivity index (χ0n) is 13.7. The molecule has 1 aliphatic rings. The first kappa shape index (κ1) is 21.6. The van der Waals surface area contributed by atoms with E-state index in [2.05, 4.69) is 31.1 Å². The molecule has 0 radical (unpaired) electrons. The topological polar surface area (TPSA) is 45.2 Å². The van der Waals surface area contributed by atoms with E-state index in [4.69, 9.17) is 0 Å². The highest BCUT2D eigenvalue weighted by molar-refractivity contribution is 7.11. The van der Waals surface area contributed by atoms with Crippen LogP contribution in [0.5, 0.6) is 0 Å². The molecule has 4 nitrogen and oxygen atoms in total. The zero-order valence-corrected chi connectivity index (χ0v) is 16.2. The van der Waals surface area contributed by atoms with Crippen molar-refractivity contribution in [2.45, 2.75) is 39.0 Å². The minimum Gasteiger partial charge on any atom is -0.338 e. The van der Waals surface area contributed by atoms with Gasteiger partial charge >= 0.3 is 0 Å². The first-order chi connectivity index (χ1) is 9.43. The van der Waals surface area contributed by atoms with Crippen LogP contribution in [-0.2, 0) is 5.41 Å². The average molecular weight is 368 g/mol. The number of hydrogen-bond acceptors (Lipinski definition) is 4. The third kappa shape index (κ3) is 5.08. The van der Waals surface area contributed by atoms with Crippen LogP contribution in [0.1, 0.15) is 49.0 Å². The van der Waals surface area contributed by atoms with Crippen molar-refractivity contribution in [3.05, 3.63) is 16.1 Å². The van der Waals surface area contributed by atoms with Crippen LogP contribution in [-0.4, -0.2) is 42.5 Å². The van der Waals surface area contributed by atoms with Gasteiger partial charge in [0.2, 0.25) is 0 Å².